The van der Waals surface area contributed by atoms with E-state index in [0.717, 1.165) is 5.56 Å². The van der Waals surface area contributed by atoms with E-state index in [0.29, 0.717) is 28.1 Å². The van der Waals surface area contributed by atoms with E-state index in [9.17, 15) is 24.3 Å². The van der Waals surface area contributed by atoms with Crippen LogP contribution in [-0.4, -0.2) is 98.4 Å². The second-order valence-electron chi connectivity index (χ2n) is 12.0. The van der Waals surface area contributed by atoms with Crippen LogP contribution in [-0.2, 0) is 14.4 Å². The molecule has 1 aliphatic heterocycles. The van der Waals surface area contributed by atoms with Crippen molar-refractivity contribution in [3.05, 3.63) is 54.6 Å². The molecule has 0 spiro atoms. The monoisotopic (exact) mass is 759 g/mol. The molecule has 0 unspecified atom stereocenters. The third-order valence-corrected chi connectivity index (χ3v) is 9.91. The normalized spacial score (nSPS) is 22.4. The summed E-state index contributed by atoms with van der Waals surface area (Å²) < 4.78 is 11.7. The standard InChI is InChI=1S/C33H38IN5O8/c1-18(2)28(30(42)35-11-12-40)37-32(45)39-17-21(14-25(39)29(41)38-33(31(43)44)16-27(33)34)47-26-15-23(19-7-5-4-6-8-19)36-24-13-20(46-3)9-10-22(24)26/h4-10,13,15,18,21,25,27-28,40H,11-12,14,16-17H2,1-3H3,(H,35,42)(H,37,45)(H,38,41)(H,43,44)/t21-,25+,27-,28+,33-/m1/s1. The van der Waals surface area contributed by atoms with Crippen LogP contribution < -0.4 is 25.4 Å². The maximum Gasteiger partial charge on any atom is 0.330 e. The number of hydrogen-bond acceptors (Lipinski definition) is 8. The Hall–Kier alpha value is -4.18. The van der Waals surface area contributed by atoms with Gasteiger partial charge in [0.1, 0.15) is 29.7 Å². The average molecular weight is 760 g/mol. The molecule has 5 N–H and O–H groups in total. The molecule has 2 heterocycles. The lowest BCUT2D eigenvalue weighted by molar-refractivity contribution is -0.143. The number of urea groups is 1. The van der Waals surface area contributed by atoms with Crippen LogP contribution in [0, 0.1) is 5.92 Å². The van der Waals surface area contributed by atoms with Gasteiger partial charge in [0.15, 0.2) is 5.54 Å². The third kappa shape index (κ3) is 7.38. The van der Waals surface area contributed by atoms with Crippen LogP contribution in [0.1, 0.15) is 26.7 Å². The highest BCUT2D eigenvalue weighted by molar-refractivity contribution is 14.1. The number of methoxy groups -OCH3 is 1. The van der Waals surface area contributed by atoms with Crippen LogP contribution in [0.5, 0.6) is 11.5 Å². The number of hydrogen-bond donors (Lipinski definition) is 5. The summed E-state index contributed by atoms with van der Waals surface area (Å²) in [6.45, 7) is 3.28. The first-order valence-electron chi connectivity index (χ1n) is 15.3. The average Bonchev–Trinajstić information content (AvgIpc) is 3.52. The van der Waals surface area contributed by atoms with Crippen molar-refractivity contribution in [3.8, 4) is 22.8 Å². The predicted molar refractivity (Wildman–Crippen MR) is 181 cm³/mol. The fraction of sp³-hybridized carbons (Fsp3) is 0.424. The van der Waals surface area contributed by atoms with Crippen molar-refractivity contribution in [2.24, 2.45) is 5.92 Å². The Morgan fingerprint density at radius 3 is 2.47 bits per heavy atom. The number of rotatable bonds is 12. The van der Waals surface area contributed by atoms with Crippen molar-refractivity contribution >= 4 is 57.3 Å². The van der Waals surface area contributed by atoms with Gasteiger partial charge in [0.2, 0.25) is 11.8 Å². The molecule has 1 saturated carbocycles. The topological polar surface area (TPSA) is 179 Å². The second kappa shape index (κ2) is 14.3. The van der Waals surface area contributed by atoms with Gasteiger partial charge in [-0.3, -0.25) is 9.59 Å². The highest BCUT2D eigenvalue weighted by atomic mass is 127. The number of amides is 4. The Morgan fingerprint density at radius 1 is 1.13 bits per heavy atom. The van der Waals surface area contributed by atoms with Crippen LogP contribution in [0.4, 0.5) is 4.79 Å². The number of aliphatic hydroxyl groups is 1. The molecule has 13 nitrogen and oxygen atoms in total. The molecule has 5 rings (SSSR count). The molecule has 2 aliphatic rings. The number of carbonyl (C=O) groups excluding carboxylic acids is 3. The van der Waals surface area contributed by atoms with Crippen molar-refractivity contribution in [1.29, 1.82) is 0 Å². The molecule has 2 aromatic carbocycles. The minimum Gasteiger partial charge on any atom is -0.497 e. The number of likely N-dealkylation sites (tertiary alicyclic amines) is 1. The Kier molecular flexibility index (Phi) is 10.4. The summed E-state index contributed by atoms with van der Waals surface area (Å²) in [5, 5.41) is 27.7. The summed E-state index contributed by atoms with van der Waals surface area (Å²) in [5.74, 6) is -1.43. The van der Waals surface area contributed by atoms with Gasteiger partial charge in [-0.05, 0) is 24.5 Å². The lowest BCUT2D eigenvalue weighted by atomic mass is 10.0. The minimum atomic E-state index is -1.41. The van der Waals surface area contributed by atoms with Gasteiger partial charge in [0.05, 0.1) is 31.5 Å². The number of aliphatic carboxylic acids is 1. The zero-order valence-electron chi connectivity index (χ0n) is 26.2. The number of carboxylic acids is 1. The molecule has 14 heteroatoms. The summed E-state index contributed by atoms with van der Waals surface area (Å²) in [4.78, 5) is 58.4. The van der Waals surface area contributed by atoms with Gasteiger partial charge in [-0.25, -0.2) is 14.6 Å². The maximum absolute atomic E-state index is 13.8. The van der Waals surface area contributed by atoms with E-state index in [2.05, 4.69) is 16.0 Å². The quantitative estimate of drug-likeness (QED) is 0.137. The summed E-state index contributed by atoms with van der Waals surface area (Å²) in [7, 11) is 1.57. The summed E-state index contributed by atoms with van der Waals surface area (Å²) in [6.07, 6.45) is -0.323. The fourth-order valence-electron chi connectivity index (χ4n) is 5.66. The molecule has 1 aliphatic carbocycles. The zero-order chi connectivity index (χ0) is 33.9. The minimum absolute atomic E-state index is 0.0125. The number of nitrogens with zero attached hydrogens (tertiary/aromatic N) is 2. The molecule has 1 saturated heterocycles. The molecule has 47 heavy (non-hydrogen) atoms. The highest BCUT2D eigenvalue weighted by Gasteiger charge is 2.61. The number of alkyl halides is 1. The van der Waals surface area contributed by atoms with Crippen LogP contribution in [0.15, 0.2) is 54.6 Å². The van der Waals surface area contributed by atoms with Gasteiger partial charge < -0.3 is 40.5 Å². The van der Waals surface area contributed by atoms with E-state index < -0.39 is 47.5 Å². The number of fused-ring (bicyclic) bond motifs is 1. The largest absolute Gasteiger partial charge is 0.497 e. The number of aliphatic hydroxyl groups excluding tert-OH is 1. The molecular weight excluding hydrogens is 721 g/mol. The number of nitrogens with one attached hydrogen (secondary N) is 3. The van der Waals surface area contributed by atoms with Crippen LogP contribution in [0.3, 0.4) is 0 Å². The number of ether oxygens (including phenoxy) is 2. The van der Waals surface area contributed by atoms with E-state index in [1.807, 2.05) is 65.1 Å². The fourth-order valence-corrected chi connectivity index (χ4v) is 6.78. The SMILES string of the molecule is COc1ccc2c(O[C@@H]3C[C@@H](C(=O)N[C@]4(C(=O)O)C[C@H]4I)N(C(=O)N[C@H](C(=O)NCCO)C(C)C)C3)cc(-c3ccccc3)nc2c1. The number of pyridine rings is 1. The lowest BCUT2D eigenvalue weighted by Gasteiger charge is -2.29. The molecular formula is C33H38IN5O8. The molecule has 4 amide bonds. The molecule has 0 radical (unpaired) electrons. The van der Waals surface area contributed by atoms with E-state index in [-0.39, 0.29) is 42.4 Å². The van der Waals surface area contributed by atoms with Crippen molar-refractivity contribution in [1.82, 2.24) is 25.8 Å². The highest BCUT2D eigenvalue weighted by Crippen LogP contribution is 2.44. The van der Waals surface area contributed by atoms with E-state index in [1.54, 1.807) is 33.1 Å². The Morgan fingerprint density at radius 2 is 1.85 bits per heavy atom. The third-order valence-electron chi connectivity index (χ3n) is 8.41. The van der Waals surface area contributed by atoms with E-state index >= 15 is 0 Å². The summed E-state index contributed by atoms with van der Waals surface area (Å²) in [6, 6.07) is 14.1. The van der Waals surface area contributed by atoms with Crippen LogP contribution in [0.2, 0.25) is 0 Å². The molecule has 250 valence electrons. The first-order valence-corrected chi connectivity index (χ1v) is 16.6. The molecule has 1 aromatic heterocycles. The van der Waals surface area contributed by atoms with Crippen molar-refractivity contribution in [2.45, 2.75) is 54.3 Å². The lowest BCUT2D eigenvalue weighted by Crippen LogP contribution is -2.58. The number of carboxylic acid groups (broad SMARTS) is 1. The van der Waals surface area contributed by atoms with Gasteiger partial charge in [-0.15, -0.1) is 0 Å². The Bertz CT molecular complexity index is 1660. The zero-order valence-corrected chi connectivity index (χ0v) is 28.4. The van der Waals surface area contributed by atoms with E-state index in [4.69, 9.17) is 19.6 Å². The molecule has 0 bridgehead atoms. The smallest absolute Gasteiger partial charge is 0.330 e. The van der Waals surface area contributed by atoms with Gasteiger partial charge >= 0.3 is 12.0 Å². The van der Waals surface area contributed by atoms with Gasteiger partial charge in [0.25, 0.3) is 0 Å². The first kappa shape index (κ1) is 34.2. The number of halogens is 1. The number of carbonyl (C=O) groups is 4. The first-order chi connectivity index (χ1) is 22.5. The Balaban J connectivity index is 1.46. The summed E-state index contributed by atoms with van der Waals surface area (Å²) >= 11 is 1.99. The maximum atomic E-state index is 13.8. The van der Waals surface area contributed by atoms with Crippen molar-refractivity contribution in [3.63, 3.8) is 0 Å². The second-order valence-corrected chi connectivity index (χ2v) is 13.5. The molecule has 2 fully saturated rings. The van der Waals surface area contributed by atoms with E-state index in [1.165, 1.54) is 4.90 Å². The number of benzene rings is 2. The van der Waals surface area contributed by atoms with Crippen molar-refractivity contribution < 1.29 is 38.9 Å². The van der Waals surface area contributed by atoms with Gasteiger partial charge in [-0.2, -0.15) is 0 Å². The van der Waals surface area contributed by atoms with Crippen LogP contribution >= 0.6 is 22.6 Å². The molecule has 3 aromatic rings. The van der Waals surface area contributed by atoms with Gasteiger partial charge in [-0.1, -0.05) is 66.8 Å². The number of aromatic nitrogens is 1. The van der Waals surface area contributed by atoms with Gasteiger partial charge in [0, 0.05) is 40.0 Å². The Labute approximate surface area is 285 Å². The van der Waals surface area contributed by atoms with Crippen LogP contribution in [0.25, 0.3) is 22.2 Å². The predicted octanol–water partition coefficient (Wildman–Crippen LogP) is 2.72. The van der Waals surface area contributed by atoms with Crippen molar-refractivity contribution in [2.75, 3.05) is 26.8 Å². The molecule has 5 atom stereocenters. The summed E-state index contributed by atoms with van der Waals surface area (Å²) in [5.41, 5.74) is 0.736.